The highest BCUT2D eigenvalue weighted by molar-refractivity contribution is 5.71. The first-order chi connectivity index (χ1) is 8.63. The van der Waals surface area contributed by atoms with Gasteiger partial charge in [0.05, 0.1) is 24.8 Å². The maximum absolute atomic E-state index is 11.1. The number of ether oxygens (including phenoxy) is 1. The number of likely N-dealkylation sites (N-methyl/N-ethyl adjacent to an activating group) is 1. The Balaban J connectivity index is 2.03. The minimum atomic E-state index is -0.784. The van der Waals surface area contributed by atoms with Gasteiger partial charge in [-0.15, -0.1) is 0 Å². The number of hydrogen-bond acceptors (Lipinski definition) is 4. The Bertz CT molecular complexity index is 418. The smallest absolute Gasteiger partial charge is 0.310 e. The van der Waals surface area contributed by atoms with Crippen molar-refractivity contribution in [3.63, 3.8) is 0 Å². The molecular formula is C12H19N3O3. The third-order valence-electron chi connectivity index (χ3n) is 3.45. The van der Waals surface area contributed by atoms with Crippen molar-refractivity contribution in [1.29, 1.82) is 0 Å². The largest absolute Gasteiger partial charge is 0.481 e. The number of aryl methyl sites for hydroxylation is 1. The summed E-state index contributed by atoms with van der Waals surface area (Å²) >= 11 is 0. The number of carbonyl (C=O) groups is 1. The maximum atomic E-state index is 11.1. The molecule has 18 heavy (non-hydrogen) atoms. The molecule has 1 N–H and O–H groups in total. The summed E-state index contributed by atoms with van der Waals surface area (Å²) in [5, 5.41) is 13.3. The van der Waals surface area contributed by atoms with Gasteiger partial charge in [0.1, 0.15) is 0 Å². The molecule has 2 heterocycles. The van der Waals surface area contributed by atoms with Gasteiger partial charge in [0.25, 0.3) is 0 Å². The van der Waals surface area contributed by atoms with Gasteiger partial charge in [0, 0.05) is 25.3 Å². The van der Waals surface area contributed by atoms with Crippen molar-refractivity contribution in [2.45, 2.75) is 26.1 Å². The van der Waals surface area contributed by atoms with Crippen LogP contribution in [0.3, 0.4) is 0 Å². The summed E-state index contributed by atoms with van der Waals surface area (Å²) in [4.78, 5) is 13.2. The number of rotatable bonds is 5. The van der Waals surface area contributed by atoms with Crippen molar-refractivity contribution in [2.24, 2.45) is 5.92 Å². The quantitative estimate of drug-likeness (QED) is 0.824. The molecule has 1 aliphatic rings. The van der Waals surface area contributed by atoms with Crippen LogP contribution in [-0.4, -0.2) is 52.1 Å². The van der Waals surface area contributed by atoms with Crippen LogP contribution in [0.4, 0.5) is 0 Å². The van der Waals surface area contributed by atoms with Crippen molar-refractivity contribution in [3.05, 3.63) is 18.0 Å². The Morgan fingerprint density at radius 3 is 3.11 bits per heavy atom. The van der Waals surface area contributed by atoms with Crippen LogP contribution in [0.25, 0.3) is 0 Å². The van der Waals surface area contributed by atoms with Gasteiger partial charge in [0.15, 0.2) is 0 Å². The molecule has 0 amide bonds. The van der Waals surface area contributed by atoms with Gasteiger partial charge in [-0.25, -0.2) is 0 Å². The van der Waals surface area contributed by atoms with Crippen LogP contribution >= 0.6 is 0 Å². The van der Waals surface area contributed by atoms with Crippen molar-refractivity contribution >= 4 is 5.97 Å². The van der Waals surface area contributed by atoms with E-state index in [2.05, 4.69) is 5.10 Å². The Morgan fingerprint density at radius 1 is 1.67 bits per heavy atom. The lowest BCUT2D eigenvalue weighted by Gasteiger charge is -2.26. The normalized spacial score (nSPS) is 23.7. The minimum absolute atomic E-state index is 0.0669. The van der Waals surface area contributed by atoms with E-state index >= 15 is 0 Å². The van der Waals surface area contributed by atoms with E-state index in [1.807, 2.05) is 29.6 Å². The van der Waals surface area contributed by atoms with Crippen molar-refractivity contribution < 1.29 is 14.6 Å². The van der Waals surface area contributed by atoms with Gasteiger partial charge in [-0.2, -0.15) is 5.10 Å². The zero-order valence-electron chi connectivity index (χ0n) is 10.7. The van der Waals surface area contributed by atoms with E-state index < -0.39 is 11.9 Å². The molecule has 1 aromatic rings. The van der Waals surface area contributed by atoms with Gasteiger partial charge in [-0.05, 0) is 20.0 Å². The van der Waals surface area contributed by atoms with Crippen molar-refractivity contribution in [3.8, 4) is 0 Å². The summed E-state index contributed by atoms with van der Waals surface area (Å²) < 4.78 is 7.20. The molecule has 0 spiro atoms. The molecule has 6 heteroatoms. The van der Waals surface area contributed by atoms with Crippen LogP contribution in [-0.2, 0) is 22.6 Å². The summed E-state index contributed by atoms with van der Waals surface area (Å²) in [6, 6.07) is 1.90. The third-order valence-corrected chi connectivity index (χ3v) is 3.45. The summed E-state index contributed by atoms with van der Waals surface area (Å²) in [5.41, 5.74) is 1.09. The standard InChI is InChI=1S/C12H19N3O3/c1-3-15-9(4-5-13-15)6-14(2)11-8-18-7-10(11)12(16)17/h4-5,10-11H,3,6-8H2,1-2H3,(H,16,17). The molecule has 2 rings (SSSR count). The van der Waals surface area contributed by atoms with Crippen LogP contribution in [0, 0.1) is 5.92 Å². The van der Waals surface area contributed by atoms with E-state index in [9.17, 15) is 4.79 Å². The molecule has 100 valence electrons. The molecule has 1 saturated heterocycles. The third kappa shape index (κ3) is 2.54. The number of hydrogen-bond donors (Lipinski definition) is 1. The topological polar surface area (TPSA) is 67.6 Å². The lowest BCUT2D eigenvalue weighted by atomic mass is 10.0. The molecule has 0 bridgehead atoms. The van der Waals surface area contributed by atoms with Gasteiger partial charge in [-0.3, -0.25) is 14.4 Å². The maximum Gasteiger partial charge on any atom is 0.310 e. The van der Waals surface area contributed by atoms with Crippen LogP contribution in [0.1, 0.15) is 12.6 Å². The molecule has 1 fully saturated rings. The second-order valence-corrected chi connectivity index (χ2v) is 4.60. The van der Waals surface area contributed by atoms with Gasteiger partial charge in [0.2, 0.25) is 0 Å². The molecule has 1 aliphatic heterocycles. The van der Waals surface area contributed by atoms with Crippen LogP contribution < -0.4 is 0 Å². The summed E-state index contributed by atoms with van der Waals surface area (Å²) in [6.45, 7) is 4.33. The van der Waals surface area contributed by atoms with Gasteiger partial charge >= 0.3 is 5.97 Å². The number of nitrogens with zero attached hydrogens (tertiary/aromatic N) is 3. The number of aromatic nitrogens is 2. The Hall–Kier alpha value is -1.40. The fourth-order valence-corrected chi connectivity index (χ4v) is 2.37. The number of carboxylic acid groups (broad SMARTS) is 1. The number of aliphatic carboxylic acids is 1. The van der Waals surface area contributed by atoms with Crippen LogP contribution in [0.2, 0.25) is 0 Å². The van der Waals surface area contributed by atoms with Gasteiger partial charge in [-0.1, -0.05) is 0 Å². The highest BCUT2D eigenvalue weighted by Crippen LogP contribution is 2.20. The van der Waals surface area contributed by atoms with E-state index in [1.54, 1.807) is 6.20 Å². The highest BCUT2D eigenvalue weighted by atomic mass is 16.5. The zero-order valence-corrected chi connectivity index (χ0v) is 10.7. The van der Waals surface area contributed by atoms with E-state index in [-0.39, 0.29) is 6.04 Å². The average molecular weight is 253 g/mol. The van der Waals surface area contributed by atoms with Crippen LogP contribution in [0.15, 0.2) is 12.3 Å². The summed E-state index contributed by atoms with van der Waals surface area (Å²) in [5.74, 6) is -1.22. The molecular weight excluding hydrogens is 234 g/mol. The molecule has 0 aromatic carbocycles. The van der Waals surface area contributed by atoms with E-state index in [0.717, 1.165) is 12.2 Å². The highest BCUT2D eigenvalue weighted by Gasteiger charge is 2.36. The first kappa shape index (κ1) is 13.0. The molecule has 0 radical (unpaired) electrons. The van der Waals surface area contributed by atoms with Crippen molar-refractivity contribution in [2.75, 3.05) is 20.3 Å². The second-order valence-electron chi connectivity index (χ2n) is 4.60. The SMILES string of the molecule is CCn1nccc1CN(C)C1COCC1C(=O)O. The van der Waals surface area contributed by atoms with E-state index in [0.29, 0.717) is 19.8 Å². The number of carboxylic acids is 1. The van der Waals surface area contributed by atoms with Gasteiger partial charge < -0.3 is 9.84 Å². The zero-order chi connectivity index (χ0) is 13.1. The predicted octanol–water partition coefficient (Wildman–Crippen LogP) is 0.434. The first-order valence-electron chi connectivity index (χ1n) is 6.15. The van der Waals surface area contributed by atoms with E-state index in [1.165, 1.54) is 0 Å². The summed E-state index contributed by atoms with van der Waals surface area (Å²) in [7, 11) is 1.93. The molecule has 0 saturated carbocycles. The lowest BCUT2D eigenvalue weighted by molar-refractivity contribution is -0.143. The fourth-order valence-electron chi connectivity index (χ4n) is 2.37. The summed E-state index contributed by atoms with van der Waals surface area (Å²) in [6.07, 6.45) is 1.77. The molecule has 1 aromatic heterocycles. The molecule has 2 unspecified atom stereocenters. The Morgan fingerprint density at radius 2 is 2.44 bits per heavy atom. The minimum Gasteiger partial charge on any atom is -0.481 e. The molecule has 6 nitrogen and oxygen atoms in total. The molecule has 2 atom stereocenters. The van der Waals surface area contributed by atoms with E-state index in [4.69, 9.17) is 9.84 Å². The fraction of sp³-hybridized carbons (Fsp3) is 0.667. The Labute approximate surface area is 106 Å². The van der Waals surface area contributed by atoms with Crippen LogP contribution in [0.5, 0.6) is 0 Å². The average Bonchev–Trinajstić information content (AvgIpc) is 2.96. The van der Waals surface area contributed by atoms with Crippen molar-refractivity contribution in [1.82, 2.24) is 14.7 Å². The Kier molecular flexibility index (Phi) is 3.98. The molecule has 0 aliphatic carbocycles. The predicted molar refractivity (Wildman–Crippen MR) is 65.1 cm³/mol. The first-order valence-corrected chi connectivity index (χ1v) is 6.15. The monoisotopic (exact) mass is 253 g/mol. The second kappa shape index (κ2) is 5.49. The lowest BCUT2D eigenvalue weighted by Crippen LogP contribution is -2.40.